The lowest BCUT2D eigenvalue weighted by Crippen LogP contribution is -2.45. The van der Waals surface area contributed by atoms with E-state index in [0.29, 0.717) is 51.0 Å². The Kier molecular flexibility index (Phi) is 6.70. The summed E-state index contributed by atoms with van der Waals surface area (Å²) in [6, 6.07) is 18.0. The van der Waals surface area contributed by atoms with Crippen LogP contribution >= 0.6 is 23.2 Å². The van der Waals surface area contributed by atoms with Crippen LogP contribution in [0.3, 0.4) is 0 Å². The lowest BCUT2D eigenvalue weighted by atomic mass is 9.67. The van der Waals surface area contributed by atoms with Crippen molar-refractivity contribution < 1.29 is 14.3 Å². The third-order valence-corrected chi connectivity index (χ3v) is 7.94. The molecule has 0 fully saturated rings. The van der Waals surface area contributed by atoms with Crippen LogP contribution in [0, 0.1) is 23.6 Å². The predicted octanol–water partition coefficient (Wildman–Crippen LogP) is 8.63. The van der Waals surface area contributed by atoms with Gasteiger partial charge in [0.15, 0.2) is 5.78 Å². The molecule has 4 nitrogen and oxygen atoms in total. The zero-order valence-electron chi connectivity index (χ0n) is 21.3. The van der Waals surface area contributed by atoms with E-state index in [-0.39, 0.29) is 28.4 Å². The third-order valence-electron chi connectivity index (χ3n) is 7.28. The number of nitrogens with zero attached hydrogens (tertiary/aromatic N) is 1. The summed E-state index contributed by atoms with van der Waals surface area (Å²) in [5.41, 5.74) is 3.61. The molecule has 1 aliphatic heterocycles. The molecule has 0 saturated heterocycles. The topological polar surface area (TPSA) is 64.4 Å². The number of hydrogen-bond acceptors (Lipinski definition) is 3. The molecule has 38 heavy (non-hydrogen) atoms. The van der Waals surface area contributed by atoms with Crippen LogP contribution in [-0.4, -0.2) is 16.7 Å². The minimum absolute atomic E-state index is 0.0291. The average molecular weight is 549 g/mol. The highest BCUT2D eigenvalue weighted by molar-refractivity contribution is 6.32. The van der Waals surface area contributed by atoms with Crippen LogP contribution < -0.4 is 4.90 Å². The summed E-state index contributed by atoms with van der Waals surface area (Å²) in [5, 5.41) is 22.2. The zero-order valence-corrected chi connectivity index (χ0v) is 22.8. The smallest absolute Gasteiger partial charge is 0.162 e. The second kappa shape index (κ2) is 9.72. The van der Waals surface area contributed by atoms with E-state index in [0.717, 1.165) is 5.56 Å². The molecular weight excluding hydrogens is 522 g/mol. The summed E-state index contributed by atoms with van der Waals surface area (Å²) in [7, 11) is 0. The number of hydrogen-bond donors (Lipinski definition) is 2. The van der Waals surface area contributed by atoms with Gasteiger partial charge >= 0.3 is 0 Å². The molecule has 3 aromatic carbocycles. The van der Waals surface area contributed by atoms with Crippen LogP contribution in [0.5, 0.6) is 0 Å². The maximum absolute atomic E-state index is 14.0. The van der Waals surface area contributed by atoms with E-state index in [4.69, 9.17) is 23.2 Å². The SMILES string of the molecule is Cc1c(Cl)cccc1N1C(=N)/C(=C(/O)c2ccc(Cl)cc2)C(c2ccc(F)cc2)C2=C1CC(C)(C)CC2=O. The Labute approximate surface area is 231 Å². The maximum Gasteiger partial charge on any atom is 0.162 e. The molecule has 2 aliphatic rings. The summed E-state index contributed by atoms with van der Waals surface area (Å²) in [6.45, 7) is 5.94. The molecule has 0 saturated carbocycles. The van der Waals surface area contributed by atoms with Crippen LogP contribution in [0.15, 0.2) is 83.6 Å². The summed E-state index contributed by atoms with van der Waals surface area (Å²) >= 11 is 12.6. The van der Waals surface area contributed by atoms with E-state index in [1.807, 2.05) is 32.9 Å². The number of benzene rings is 3. The molecule has 1 aliphatic carbocycles. The van der Waals surface area contributed by atoms with Gasteiger partial charge in [-0.15, -0.1) is 0 Å². The zero-order chi connectivity index (χ0) is 27.4. The molecule has 3 aromatic rings. The van der Waals surface area contributed by atoms with Crippen LogP contribution in [0.25, 0.3) is 5.76 Å². The van der Waals surface area contributed by atoms with Crippen molar-refractivity contribution in [3.63, 3.8) is 0 Å². The molecule has 0 radical (unpaired) electrons. The van der Waals surface area contributed by atoms with Crippen molar-refractivity contribution in [3.05, 3.63) is 116 Å². The van der Waals surface area contributed by atoms with E-state index >= 15 is 0 Å². The van der Waals surface area contributed by atoms with Gasteiger partial charge < -0.3 is 5.11 Å². The minimum atomic E-state index is -0.756. The Morgan fingerprint density at radius 3 is 2.34 bits per heavy atom. The fourth-order valence-electron chi connectivity index (χ4n) is 5.47. The van der Waals surface area contributed by atoms with Crippen molar-refractivity contribution in [1.29, 1.82) is 5.41 Å². The van der Waals surface area contributed by atoms with Crippen LogP contribution in [0.4, 0.5) is 10.1 Å². The molecule has 1 atom stereocenters. The van der Waals surface area contributed by atoms with Gasteiger partial charge in [0.05, 0.1) is 5.69 Å². The molecule has 194 valence electrons. The second-order valence-electron chi connectivity index (χ2n) is 10.6. The van der Waals surface area contributed by atoms with Gasteiger partial charge in [-0.2, -0.15) is 0 Å². The third kappa shape index (κ3) is 4.55. The molecule has 5 rings (SSSR count). The monoisotopic (exact) mass is 548 g/mol. The molecule has 0 aromatic heterocycles. The van der Waals surface area contributed by atoms with Gasteiger partial charge in [-0.3, -0.25) is 15.1 Å². The summed E-state index contributed by atoms with van der Waals surface area (Å²) in [4.78, 5) is 15.6. The predicted molar refractivity (Wildman–Crippen MR) is 152 cm³/mol. The lowest BCUT2D eigenvalue weighted by Gasteiger charge is -2.45. The minimum Gasteiger partial charge on any atom is -0.507 e. The van der Waals surface area contributed by atoms with Crippen LogP contribution in [-0.2, 0) is 4.79 Å². The van der Waals surface area contributed by atoms with Gasteiger partial charge in [0.25, 0.3) is 0 Å². The standard InChI is InChI=1S/C31H27Cl2FN2O2/c1-17-22(33)5-4-6-23(17)36-24-15-31(2,3)16-25(37)27(24)26(18-9-13-21(34)14-10-18)28(30(36)35)29(38)19-7-11-20(32)12-8-19/h4-14,26,35,38H,15-16H2,1-3H3/b29-28+,35-30?. The molecule has 2 N–H and O–H groups in total. The number of halogens is 3. The first-order chi connectivity index (χ1) is 18.0. The number of allylic oxidation sites excluding steroid dienone is 2. The number of amidine groups is 1. The van der Waals surface area contributed by atoms with Gasteiger partial charge in [-0.1, -0.05) is 55.2 Å². The Bertz CT molecular complexity index is 1520. The summed E-state index contributed by atoms with van der Waals surface area (Å²) in [5.74, 6) is -1.35. The molecule has 1 heterocycles. The van der Waals surface area contributed by atoms with Crippen molar-refractivity contribution in [2.24, 2.45) is 5.41 Å². The van der Waals surface area contributed by atoms with Gasteiger partial charge in [-0.25, -0.2) is 4.39 Å². The first kappa shape index (κ1) is 26.2. The van der Waals surface area contributed by atoms with E-state index in [1.54, 1.807) is 47.4 Å². The molecular formula is C31H27Cl2FN2O2. The van der Waals surface area contributed by atoms with Gasteiger partial charge in [0, 0.05) is 44.8 Å². The van der Waals surface area contributed by atoms with E-state index in [1.165, 1.54) is 12.1 Å². The maximum atomic E-state index is 14.0. The quantitative estimate of drug-likeness (QED) is 0.322. The molecule has 0 spiro atoms. The van der Waals surface area contributed by atoms with Gasteiger partial charge in [0.1, 0.15) is 17.4 Å². The van der Waals surface area contributed by atoms with Gasteiger partial charge in [0.2, 0.25) is 0 Å². The van der Waals surface area contributed by atoms with E-state index in [2.05, 4.69) is 0 Å². The first-order valence-electron chi connectivity index (χ1n) is 12.3. The Hall–Kier alpha value is -3.41. The molecule has 0 bridgehead atoms. The lowest BCUT2D eigenvalue weighted by molar-refractivity contribution is -0.118. The van der Waals surface area contributed by atoms with E-state index in [9.17, 15) is 19.7 Å². The van der Waals surface area contributed by atoms with Gasteiger partial charge in [-0.05, 0) is 78.4 Å². The number of aliphatic hydroxyl groups is 1. The van der Waals surface area contributed by atoms with Crippen molar-refractivity contribution >= 4 is 46.3 Å². The summed E-state index contributed by atoms with van der Waals surface area (Å²) in [6.07, 6.45) is 0.851. The number of nitrogens with one attached hydrogen (secondary N) is 1. The number of aliphatic hydroxyl groups excluding tert-OH is 1. The Morgan fingerprint density at radius 1 is 1.03 bits per heavy atom. The second-order valence-corrected chi connectivity index (χ2v) is 11.5. The Balaban J connectivity index is 1.87. The number of carbonyl (C=O) groups excluding carboxylic acids is 1. The Morgan fingerprint density at radius 2 is 1.68 bits per heavy atom. The highest BCUT2D eigenvalue weighted by Crippen LogP contribution is 2.51. The number of Topliss-reactive ketones (excluding diaryl/α,β-unsaturated/α-hetero) is 1. The number of anilines is 1. The number of ketones is 1. The van der Waals surface area contributed by atoms with E-state index < -0.39 is 11.7 Å². The van der Waals surface area contributed by atoms with Crippen LogP contribution in [0.2, 0.25) is 10.0 Å². The highest BCUT2D eigenvalue weighted by atomic mass is 35.5. The van der Waals surface area contributed by atoms with Crippen molar-refractivity contribution in [1.82, 2.24) is 0 Å². The highest BCUT2D eigenvalue weighted by Gasteiger charge is 2.47. The fourth-order valence-corrected chi connectivity index (χ4v) is 5.77. The summed E-state index contributed by atoms with van der Waals surface area (Å²) < 4.78 is 14.0. The molecule has 0 amide bonds. The van der Waals surface area contributed by atoms with Crippen molar-refractivity contribution in [3.8, 4) is 0 Å². The largest absolute Gasteiger partial charge is 0.507 e. The van der Waals surface area contributed by atoms with Crippen molar-refractivity contribution in [2.45, 2.75) is 39.5 Å². The molecule has 1 unspecified atom stereocenters. The fraction of sp³-hybridized carbons (Fsp3) is 0.226. The average Bonchev–Trinajstić information content (AvgIpc) is 2.85. The normalized spacial score (nSPS) is 20.5. The number of rotatable bonds is 3. The molecule has 7 heteroatoms. The first-order valence-corrected chi connectivity index (χ1v) is 13.1. The van der Waals surface area contributed by atoms with Crippen LogP contribution in [0.1, 0.15) is 49.3 Å². The van der Waals surface area contributed by atoms with Crippen molar-refractivity contribution in [2.75, 3.05) is 4.90 Å². The number of carbonyl (C=O) groups is 1.